The van der Waals surface area contributed by atoms with E-state index in [2.05, 4.69) is 9.97 Å². The lowest BCUT2D eigenvalue weighted by Crippen LogP contribution is -2.29. The molecular formula is C11H17N5O3. The highest BCUT2D eigenvalue weighted by molar-refractivity contribution is 5.68. The molecule has 1 atom stereocenters. The Bertz CT molecular complexity index is 491. The van der Waals surface area contributed by atoms with Crippen molar-refractivity contribution in [2.45, 2.75) is 31.8 Å². The van der Waals surface area contributed by atoms with Crippen molar-refractivity contribution in [3.63, 3.8) is 0 Å². The maximum atomic E-state index is 11.1. The molecule has 1 aromatic heterocycles. The molecule has 0 aromatic carbocycles. The number of hydrogen-bond acceptors (Lipinski definition) is 7. The van der Waals surface area contributed by atoms with E-state index in [9.17, 15) is 15.2 Å². The van der Waals surface area contributed by atoms with Crippen LogP contribution < -0.4 is 10.6 Å². The van der Waals surface area contributed by atoms with Crippen LogP contribution in [0.2, 0.25) is 0 Å². The van der Waals surface area contributed by atoms with Gasteiger partial charge in [0.25, 0.3) is 0 Å². The average Bonchev–Trinajstić information content (AvgIpc) is 2.49. The fourth-order valence-electron chi connectivity index (χ4n) is 2.26. The van der Waals surface area contributed by atoms with E-state index >= 15 is 0 Å². The molecule has 0 bridgehead atoms. The van der Waals surface area contributed by atoms with E-state index in [1.807, 2.05) is 0 Å². The van der Waals surface area contributed by atoms with Gasteiger partial charge < -0.3 is 15.7 Å². The number of rotatable bonds is 2. The highest BCUT2D eigenvalue weighted by Crippen LogP contribution is 2.32. The van der Waals surface area contributed by atoms with Gasteiger partial charge in [-0.25, -0.2) is 9.97 Å². The van der Waals surface area contributed by atoms with Gasteiger partial charge in [0.2, 0.25) is 11.6 Å². The van der Waals surface area contributed by atoms with Gasteiger partial charge in [0, 0.05) is 13.1 Å². The molecule has 19 heavy (non-hydrogen) atoms. The predicted molar refractivity (Wildman–Crippen MR) is 69.8 cm³/mol. The summed E-state index contributed by atoms with van der Waals surface area (Å²) in [5, 5.41) is 21.1. The Balaban J connectivity index is 2.32. The largest absolute Gasteiger partial charge is 0.390 e. The van der Waals surface area contributed by atoms with Crippen molar-refractivity contribution >= 4 is 17.3 Å². The molecule has 0 amide bonds. The number of nitro groups is 1. The monoisotopic (exact) mass is 267 g/mol. The first-order valence-corrected chi connectivity index (χ1v) is 6.13. The van der Waals surface area contributed by atoms with E-state index < -0.39 is 10.5 Å². The van der Waals surface area contributed by atoms with Gasteiger partial charge in [0.1, 0.15) is 6.33 Å². The van der Waals surface area contributed by atoms with Gasteiger partial charge in [0.05, 0.1) is 10.5 Å². The number of aliphatic hydroxyl groups is 1. The number of anilines is 2. The van der Waals surface area contributed by atoms with E-state index in [1.54, 1.807) is 11.8 Å². The molecule has 1 unspecified atom stereocenters. The van der Waals surface area contributed by atoms with Crippen molar-refractivity contribution in [1.29, 1.82) is 0 Å². The first kappa shape index (κ1) is 13.5. The van der Waals surface area contributed by atoms with Crippen LogP contribution in [0.3, 0.4) is 0 Å². The minimum atomic E-state index is -0.734. The number of nitrogen functional groups attached to an aromatic ring is 1. The molecule has 0 saturated carbocycles. The molecule has 0 aliphatic carbocycles. The Kier molecular flexibility index (Phi) is 3.52. The lowest BCUT2D eigenvalue weighted by atomic mass is 9.98. The van der Waals surface area contributed by atoms with Crippen LogP contribution in [-0.2, 0) is 0 Å². The standard InChI is InChI=1S/C11H17N5O3/c1-11(17)3-2-5-15(6-4-11)10-8(16(18)19)9(12)13-7-14-10/h7,17H,2-6H2,1H3,(H2,12,13,14). The first-order chi connectivity index (χ1) is 8.91. The summed E-state index contributed by atoms with van der Waals surface area (Å²) in [5.74, 6) is 0.0983. The van der Waals surface area contributed by atoms with Crippen molar-refractivity contribution < 1.29 is 10.0 Å². The Labute approximate surface area is 110 Å². The van der Waals surface area contributed by atoms with E-state index in [-0.39, 0.29) is 17.3 Å². The summed E-state index contributed by atoms with van der Waals surface area (Å²) in [5.41, 5.74) is 4.56. The molecule has 2 heterocycles. The van der Waals surface area contributed by atoms with E-state index in [0.717, 1.165) is 6.42 Å². The molecule has 104 valence electrons. The van der Waals surface area contributed by atoms with Crippen LogP contribution in [0, 0.1) is 10.1 Å². The van der Waals surface area contributed by atoms with Crippen molar-refractivity contribution in [2.75, 3.05) is 23.7 Å². The van der Waals surface area contributed by atoms with Gasteiger partial charge in [-0.2, -0.15) is 0 Å². The zero-order chi connectivity index (χ0) is 14.0. The second kappa shape index (κ2) is 4.96. The molecule has 0 spiro atoms. The smallest absolute Gasteiger partial charge is 0.353 e. The van der Waals surface area contributed by atoms with Crippen LogP contribution in [0.4, 0.5) is 17.3 Å². The third kappa shape index (κ3) is 2.90. The topological polar surface area (TPSA) is 118 Å². The Morgan fingerprint density at radius 2 is 2.21 bits per heavy atom. The summed E-state index contributed by atoms with van der Waals surface area (Å²) in [6, 6.07) is 0. The van der Waals surface area contributed by atoms with Gasteiger partial charge in [-0.05, 0) is 26.2 Å². The van der Waals surface area contributed by atoms with Gasteiger partial charge >= 0.3 is 5.69 Å². The lowest BCUT2D eigenvalue weighted by molar-refractivity contribution is -0.383. The molecule has 1 saturated heterocycles. The van der Waals surface area contributed by atoms with Crippen LogP contribution in [0.1, 0.15) is 26.2 Å². The molecule has 2 rings (SSSR count). The summed E-state index contributed by atoms with van der Waals surface area (Å²) in [7, 11) is 0. The van der Waals surface area contributed by atoms with Crippen LogP contribution in [0.5, 0.6) is 0 Å². The molecular weight excluding hydrogens is 250 g/mol. The normalized spacial score (nSPS) is 24.0. The van der Waals surface area contributed by atoms with Crippen LogP contribution in [0.15, 0.2) is 6.33 Å². The van der Waals surface area contributed by atoms with E-state index in [4.69, 9.17) is 5.73 Å². The molecule has 1 fully saturated rings. The molecule has 3 N–H and O–H groups in total. The van der Waals surface area contributed by atoms with Crippen LogP contribution in [0.25, 0.3) is 0 Å². The van der Waals surface area contributed by atoms with Crippen molar-refractivity contribution in [2.24, 2.45) is 0 Å². The van der Waals surface area contributed by atoms with E-state index in [0.29, 0.717) is 25.9 Å². The van der Waals surface area contributed by atoms with Crippen molar-refractivity contribution in [3.8, 4) is 0 Å². The average molecular weight is 267 g/mol. The zero-order valence-corrected chi connectivity index (χ0v) is 10.7. The summed E-state index contributed by atoms with van der Waals surface area (Å²) in [6.07, 6.45) is 3.17. The maximum Gasteiger partial charge on any atom is 0.353 e. The third-order valence-corrected chi connectivity index (χ3v) is 3.38. The highest BCUT2D eigenvalue weighted by atomic mass is 16.6. The Hall–Kier alpha value is -1.96. The molecule has 0 radical (unpaired) electrons. The van der Waals surface area contributed by atoms with Gasteiger partial charge in [-0.1, -0.05) is 0 Å². The number of hydrogen-bond donors (Lipinski definition) is 2. The van der Waals surface area contributed by atoms with Crippen molar-refractivity contribution in [1.82, 2.24) is 9.97 Å². The summed E-state index contributed by atoms with van der Waals surface area (Å²) in [4.78, 5) is 19.9. The minimum absolute atomic E-state index is 0.133. The summed E-state index contributed by atoms with van der Waals surface area (Å²) >= 11 is 0. The van der Waals surface area contributed by atoms with Gasteiger partial charge in [0.15, 0.2) is 0 Å². The first-order valence-electron chi connectivity index (χ1n) is 6.13. The Morgan fingerprint density at radius 1 is 1.47 bits per heavy atom. The molecule has 8 heteroatoms. The van der Waals surface area contributed by atoms with Crippen molar-refractivity contribution in [3.05, 3.63) is 16.4 Å². The van der Waals surface area contributed by atoms with Gasteiger partial charge in [-0.3, -0.25) is 10.1 Å². The fourth-order valence-corrected chi connectivity index (χ4v) is 2.26. The number of nitrogens with two attached hydrogens (primary N) is 1. The molecule has 1 aliphatic heterocycles. The van der Waals surface area contributed by atoms with Crippen LogP contribution in [-0.4, -0.2) is 38.7 Å². The third-order valence-electron chi connectivity index (χ3n) is 3.38. The zero-order valence-electron chi connectivity index (χ0n) is 10.7. The number of nitrogens with zero attached hydrogens (tertiary/aromatic N) is 4. The highest BCUT2D eigenvalue weighted by Gasteiger charge is 2.30. The quantitative estimate of drug-likeness (QED) is 0.598. The van der Waals surface area contributed by atoms with Gasteiger partial charge in [-0.15, -0.1) is 0 Å². The predicted octanol–water partition coefficient (Wildman–Crippen LogP) is 0.708. The maximum absolute atomic E-state index is 11.1. The lowest BCUT2D eigenvalue weighted by Gasteiger charge is -2.23. The Morgan fingerprint density at radius 3 is 2.89 bits per heavy atom. The second-order valence-electron chi connectivity index (χ2n) is 5.03. The number of aromatic nitrogens is 2. The second-order valence-corrected chi connectivity index (χ2v) is 5.03. The molecule has 8 nitrogen and oxygen atoms in total. The van der Waals surface area contributed by atoms with Crippen LogP contribution >= 0.6 is 0 Å². The SMILES string of the molecule is CC1(O)CCCN(c2ncnc(N)c2[N+](=O)[O-])CC1. The minimum Gasteiger partial charge on any atom is -0.390 e. The fraction of sp³-hybridized carbons (Fsp3) is 0.636. The van der Waals surface area contributed by atoms with E-state index in [1.165, 1.54) is 6.33 Å². The summed E-state index contributed by atoms with van der Waals surface area (Å²) in [6.45, 7) is 2.89. The molecule has 1 aliphatic rings. The summed E-state index contributed by atoms with van der Waals surface area (Å²) < 4.78 is 0. The molecule has 1 aromatic rings.